The van der Waals surface area contributed by atoms with Crippen LogP contribution in [-0.2, 0) is 6.54 Å². The van der Waals surface area contributed by atoms with Crippen molar-refractivity contribution in [1.29, 1.82) is 0 Å². The van der Waals surface area contributed by atoms with E-state index >= 15 is 0 Å². The Balaban J connectivity index is 1.60. The Morgan fingerprint density at radius 2 is 1.96 bits per heavy atom. The molecule has 0 aliphatic carbocycles. The highest BCUT2D eigenvalue weighted by Crippen LogP contribution is 2.20. The van der Waals surface area contributed by atoms with Gasteiger partial charge in [-0.05, 0) is 43.0 Å². The van der Waals surface area contributed by atoms with Gasteiger partial charge in [0.15, 0.2) is 5.76 Å². The summed E-state index contributed by atoms with van der Waals surface area (Å²) < 4.78 is 7.36. The molecule has 0 unspecified atom stereocenters. The number of furan rings is 1. The molecule has 3 aromatic rings. The van der Waals surface area contributed by atoms with Crippen molar-refractivity contribution in [2.24, 2.45) is 5.10 Å². The predicted octanol–water partition coefficient (Wildman–Crippen LogP) is 4.68. The fraction of sp³-hybridized carbons (Fsp3) is 0.286. The molecule has 2 heterocycles. The van der Waals surface area contributed by atoms with Crippen molar-refractivity contribution in [3.8, 4) is 0 Å². The second kappa shape index (κ2) is 8.44. The van der Waals surface area contributed by atoms with Crippen LogP contribution in [0, 0.1) is 13.8 Å². The van der Waals surface area contributed by atoms with Gasteiger partial charge in [-0.3, -0.25) is 9.48 Å². The summed E-state index contributed by atoms with van der Waals surface area (Å²) >= 11 is 6.16. The second-order valence-corrected chi connectivity index (χ2v) is 7.31. The van der Waals surface area contributed by atoms with Crippen molar-refractivity contribution < 1.29 is 9.21 Å². The normalized spacial score (nSPS) is 11.5. The number of benzene rings is 1. The zero-order valence-corrected chi connectivity index (χ0v) is 17.1. The van der Waals surface area contributed by atoms with E-state index < -0.39 is 5.91 Å². The van der Waals surface area contributed by atoms with E-state index in [0.717, 1.165) is 17.0 Å². The van der Waals surface area contributed by atoms with E-state index in [0.29, 0.717) is 23.2 Å². The molecule has 0 bridgehead atoms. The molecule has 1 aromatic carbocycles. The van der Waals surface area contributed by atoms with Crippen LogP contribution in [0.2, 0.25) is 5.02 Å². The Morgan fingerprint density at radius 1 is 1.25 bits per heavy atom. The molecule has 7 heteroatoms. The Bertz CT molecular complexity index is 1000. The van der Waals surface area contributed by atoms with Gasteiger partial charge in [-0.1, -0.05) is 49.7 Å². The second-order valence-electron chi connectivity index (χ2n) is 6.93. The SMILES string of the molecule is Cc1nn(Cc2ccc(C(=O)N/N=C\c3ccc(C(C)C)cc3)o2)c(C)c1Cl. The van der Waals surface area contributed by atoms with Crippen LogP contribution in [0.3, 0.4) is 0 Å². The summed E-state index contributed by atoms with van der Waals surface area (Å²) in [4.78, 5) is 12.2. The summed E-state index contributed by atoms with van der Waals surface area (Å²) in [6.45, 7) is 8.43. The highest BCUT2D eigenvalue weighted by Gasteiger charge is 2.14. The number of nitrogens with zero attached hydrogens (tertiary/aromatic N) is 3. The summed E-state index contributed by atoms with van der Waals surface area (Å²) in [5, 5.41) is 8.99. The minimum Gasteiger partial charge on any atom is -0.454 e. The van der Waals surface area contributed by atoms with E-state index in [1.807, 2.05) is 26.0 Å². The summed E-state index contributed by atoms with van der Waals surface area (Å²) in [6.07, 6.45) is 1.60. The van der Waals surface area contributed by atoms with Crippen LogP contribution in [-0.4, -0.2) is 21.9 Å². The van der Waals surface area contributed by atoms with Gasteiger partial charge in [0.25, 0.3) is 0 Å². The molecule has 3 rings (SSSR count). The van der Waals surface area contributed by atoms with Gasteiger partial charge in [-0.15, -0.1) is 0 Å². The average Bonchev–Trinajstić information content (AvgIpc) is 3.23. The Hall–Kier alpha value is -2.86. The third kappa shape index (κ3) is 4.51. The number of amides is 1. The third-order valence-electron chi connectivity index (χ3n) is 4.47. The average molecular weight is 399 g/mol. The summed E-state index contributed by atoms with van der Waals surface area (Å²) in [5.41, 5.74) is 6.27. The fourth-order valence-corrected chi connectivity index (χ4v) is 2.88. The molecule has 0 aliphatic rings. The van der Waals surface area contributed by atoms with Crippen molar-refractivity contribution >= 4 is 23.7 Å². The maximum absolute atomic E-state index is 12.2. The minimum atomic E-state index is -0.410. The largest absolute Gasteiger partial charge is 0.454 e. The van der Waals surface area contributed by atoms with Crippen LogP contribution in [0.1, 0.15) is 58.6 Å². The maximum atomic E-state index is 12.2. The Kier molecular flexibility index (Phi) is 5.99. The van der Waals surface area contributed by atoms with E-state index in [9.17, 15) is 4.79 Å². The quantitative estimate of drug-likeness (QED) is 0.484. The topological polar surface area (TPSA) is 72.4 Å². The minimum absolute atomic E-state index is 0.190. The van der Waals surface area contributed by atoms with Crippen LogP contribution in [0.5, 0.6) is 0 Å². The number of carbonyl (C=O) groups excluding carboxylic acids is 1. The van der Waals surface area contributed by atoms with Crippen molar-refractivity contribution in [3.05, 3.63) is 75.5 Å². The molecule has 0 saturated carbocycles. The fourth-order valence-electron chi connectivity index (χ4n) is 2.75. The van der Waals surface area contributed by atoms with Gasteiger partial charge in [0.05, 0.1) is 29.2 Å². The van der Waals surface area contributed by atoms with E-state index in [4.69, 9.17) is 16.0 Å². The lowest BCUT2D eigenvalue weighted by atomic mass is 10.0. The van der Waals surface area contributed by atoms with Crippen LogP contribution >= 0.6 is 11.6 Å². The van der Waals surface area contributed by atoms with E-state index in [1.54, 1.807) is 23.0 Å². The van der Waals surface area contributed by atoms with Crippen LogP contribution < -0.4 is 5.43 Å². The summed E-state index contributed by atoms with van der Waals surface area (Å²) in [7, 11) is 0. The molecular weight excluding hydrogens is 376 g/mol. The van der Waals surface area contributed by atoms with Gasteiger partial charge in [-0.25, -0.2) is 5.43 Å². The first kappa shape index (κ1) is 19.9. The summed E-state index contributed by atoms with van der Waals surface area (Å²) in [6, 6.07) is 11.4. The van der Waals surface area contributed by atoms with Crippen molar-refractivity contribution in [2.75, 3.05) is 0 Å². The lowest BCUT2D eigenvalue weighted by Gasteiger charge is -2.04. The van der Waals surface area contributed by atoms with E-state index in [1.165, 1.54) is 5.56 Å². The number of halogens is 1. The van der Waals surface area contributed by atoms with Crippen LogP contribution in [0.25, 0.3) is 0 Å². The molecule has 0 fully saturated rings. The van der Waals surface area contributed by atoms with Crippen molar-refractivity contribution in [2.45, 2.75) is 40.2 Å². The molecule has 146 valence electrons. The standard InChI is InChI=1S/C21H23ClN4O2/c1-13(2)17-7-5-16(6-8-17)11-23-24-21(27)19-10-9-18(28-19)12-26-15(4)20(22)14(3)25-26/h5-11,13H,12H2,1-4H3,(H,24,27)/b23-11-. The van der Waals surface area contributed by atoms with Crippen LogP contribution in [0.4, 0.5) is 0 Å². The van der Waals surface area contributed by atoms with Crippen LogP contribution in [0.15, 0.2) is 45.9 Å². The highest BCUT2D eigenvalue weighted by atomic mass is 35.5. The number of hydrogen-bond donors (Lipinski definition) is 1. The Morgan fingerprint density at radius 3 is 2.57 bits per heavy atom. The first-order chi connectivity index (χ1) is 13.3. The lowest BCUT2D eigenvalue weighted by Crippen LogP contribution is -2.16. The van der Waals surface area contributed by atoms with Crippen molar-refractivity contribution in [3.63, 3.8) is 0 Å². The predicted molar refractivity (Wildman–Crippen MR) is 110 cm³/mol. The number of nitrogens with one attached hydrogen (secondary N) is 1. The van der Waals surface area contributed by atoms with Gasteiger partial charge >= 0.3 is 5.91 Å². The van der Waals surface area contributed by atoms with Crippen molar-refractivity contribution in [1.82, 2.24) is 15.2 Å². The molecule has 28 heavy (non-hydrogen) atoms. The zero-order chi connectivity index (χ0) is 20.3. The van der Waals surface area contributed by atoms with E-state index in [-0.39, 0.29) is 5.76 Å². The molecule has 0 spiro atoms. The number of hydrogen-bond acceptors (Lipinski definition) is 4. The van der Waals surface area contributed by atoms with Gasteiger partial charge in [0.2, 0.25) is 0 Å². The van der Waals surface area contributed by atoms with Gasteiger partial charge in [0.1, 0.15) is 5.76 Å². The molecule has 1 amide bonds. The number of hydrazone groups is 1. The molecule has 0 atom stereocenters. The third-order valence-corrected chi connectivity index (χ3v) is 5.01. The monoisotopic (exact) mass is 398 g/mol. The zero-order valence-electron chi connectivity index (χ0n) is 16.4. The van der Waals surface area contributed by atoms with E-state index in [2.05, 4.69) is 41.6 Å². The van der Waals surface area contributed by atoms with Gasteiger partial charge in [-0.2, -0.15) is 10.2 Å². The van der Waals surface area contributed by atoms with Gasteiger partial charge in [0, 0.05) is 0 Å². The first-order valence-corrected chi connectivity index (χ1v) is 9.44. The molecule has 1 N–H and O–H groups in total. The maximum Gasteiger partial charge on any atom is 0.307 e. The molecular formula is C21H23ClN4O2. The number of rotatable bonds is 6. The first-order valence-electron chi connectivity index (χ1n) is 9.06. The molecule has 2 aromatic heterocycles. The summed E-state index contributed by atoms with van der Waals surface area (Å²) in [5.74, 6) is 0.868. The molecule has 0 aliphatic heterocycles. The smallest absolute Gasteiger partial charge is 0.307 e. The van der Waals surface area contributed by atoms with Gasteiger partial charge < -0.3 is 4.42 Å². The Labute approximate surface area is 169 Å². The number of aromatic nitrogens is 2. The number of aryl methyl sites for hydroxylation is 1. The molecule has 0 radical (unpaired) electrons. The molecule has 6 nitrogen and oxygen atoms in total. The lowest BCUT2D eigenvalue weighted by molar-refractivity contribution is 0.0925. The highest BCUT2D eigenvalue weighted by molar-refractivity contribution is 6.31. The number of carbonyl (C=O) groups is 1. The molecule has 0 saturated heterocycles.